The van der Waals surface area contributed by atoms with Crippen molar-refractivity contribution in [2.24, 2.45) is 0 Å². The van der Waals surface area contributed by atoms with E-state index in [4.69, 9.17) is 16.0 Å². The largest absolute Gasteiger partial charge is 0.441 e. The molecule has 0 radical (unpaired) electrons. The van der Waals surface area contributed by atoms with Crippen molar-refractivity contribution in [2.45, 2.75) is 12.8 Å². The van der Waals surface area contributed by atoms with E-state index in [1.54, 1.807) is 42.6 Å². The fourth-order valence-corrected chi connectivity index (χ4v) is 3.39. The SMILES string of the molecule is O=C(CCc1ncc(-c2ccccc2Cl)o1)Nc1cccc(C(=O)Nc2cccc(F)c2)c1. The highest BCUT2D eigenvalue weighted by molar-refractivity contribution is 6.33. The van der Waals surface area contributed by atoms with E-state index in [-0.39, 0.29) is 12.3 Å². The van der Waals surface area contributed by atoms with Crippen LogP contribution in [0.2, 0.25) is 5.02 Å². The Hall–Kier alpha value is -3.97. The van der Waals surface area contributed by atoms with Gasteiger partial charge in [-0.2, -0.15) is 0 Å². The van der Waals surface area contributed by atoms with E-state index >= 15 is 0 Å². The van der Waals surface area contributed by atoms with Crippen molar-refractivity contribution in [3.63, 3.8) is 0 Å². The first-order valence-electron chi connectivity index (χ1n) is 10.1. The number of rotatable bonds is 7. The van der Waals surface area contributed by atoms with Gasteiger partial charge in [-0.05, 0) is 48.5 Å². The lowest BCUT2D eigenvalue weighted by atomic mass is 10.1. The van der Waals surface area contributed by atoms with Gasteiger partial charge in [0.1, 0.15) is 5.82 Å². The van der Waals surface area contributed by atoms with Gasteiger partial charge >= 0.3 is 0 Å². The smallest absolute Gasteiger partial charge is 0.255 e. The third-order valence-electron chi connectivity index (χ3n) is 4.75. The van der Waals surface area contributed by atoms with Gasteiger partial charge in [0.15, 0.2) is 11.7 Å². The third-order valence-corrected chi connectivity index (χ3v) is 5.08. The summed E-state index contributed by atoms with van der Waals surface area (Å²) in [5, 5.41) is 5.94. The van der Waals surface area contributed by atoms with Gasteiger partial charge in [0.25, 0.3) is 5.91 Å². The van der Waals surface area contributed by atoms with Crippen molar-refractivity contribution in [1.29, 1.82) is 0 Å². The van der Waals surface area contributed by atoms with Crippen molar-refractivity contribution >= 4 is 34.8 Å². The number of nitrogens with one attached hydrogen (secondary N) is 2. The fraction of sp³-hybridized carbons (Fsp3) is 0.0800. The summed E-state index contributed by atoms with van der Waals surface area (Å²) in [6.07, 6.45) is 2.02. The molecule has 0 atom stereocenters. The molecule has 0 aliphatic rings. The molecule has 1 aromatic heterocycles. The van der Waals surface area contributed by atoms with Gasteiger partial charge in [0.05, 0.1) is 11.2 Å². The van der Waals surface area contributed by atoms with Crippen LogP contribution in [0.4, 0.5) is 15.8 Å². The zero-order valence-corrected chi connectivity index (χ0v) is 18.1. The monoisotopic (exact) mass is 463 g/mol. The lowest BCUT2D eigenvalue weighted by molar-refractivity contribution is -0.116. The van der Waals surface area contributed by atoms with Crippen molar-refractivity contribution < 1.29 is 18.4 Å². The minimum atomic E-state index is -0.446. The Morgan fingerprint density at radius 2 is 1.70 bits per heavy atom. The molecule has 4 rings (SSSR count). The van der Waals surface area contributed by atoms with E-state index in [9.17, 15) is 14.0 Å². The third kappa shape index (κ3) is 5.84. The second-order valence-corrected chi connectivity index (χ2v) is 7.60. The molecule has 2 amide bonds. The molecular weight excluding hydrogens is 445 g/mol. The van der Waals surface area contributed by atoms with Gasteiger partial charge in [-0.25, -0.2) is 9.37 Å². The number of aromatic nitrogens is 1. The van der Waals surface area contributed by atoms with Crippen LogP contribution in [0, 0.1) is 5.82 Å². The molecule has 0 saturated heterocycles. The molecule has 0 saturated carbocycles. The minimum absolute atomic E-state index is 0.141. The molecule has 0 unspecified atom stereocenters. The first-order chi connectivity index (χ1) is 16.0. The molecule has 6 nitrogen and oxygen atoms in total. The number of hydrogen-bond acceptors (Lipinski definition) is 4. The van der Waals surface area contributed by atoms with Gasteiger partial charge in [-0.3, -0.25) is 9.59 Å². The molecule has 2 N–H and O–H groups in total. The fourth-order valence-electron chi connectivity index (χ4n) is 3.16. The summed E-state index contributed by atoms with van der Waals surface area (Å²) >= 11 is 6.18. The number of oxazole rings is 1. The molecule has 0 fully saturated rings. The van der Waals surface area contributed by atoms with Crippen LogP contribution < -0.4 is 10.6 Å². The molecule has 0 aliphatic heterocycles. The number of halogens is 2. The highest BCUT2D eigenvalue weighted by atomic mass is 35.5. The zero-order valence-electron chi connectivity index (χ0n) is 17.3. The molecule has 33 heavy (non-hydrogen) atoms. The quantitative estimate of drug-likeness (QED) is 0.354. The van der Waals surface area contributed by atoms with Crippen LogP contribution in [0.1, 0.15) is 22.7 Å². The number of carbonyl (C=O) groups excluding carboxylic acids is 2. The number of nitrogens with zero attached hydrogens (tertiary/aromatic N) is 1. The number of anilines is 2. The molecule has 1 heterocycles. The van der Waals surface area contributed by atoms with Gasteiger partial charge < -0.3 is 15.1 Å². The molecule has 166 valence electrons. The summed E-state index contributed by atoms with van der Waals surface area (Å²) in [6.45, 7) is 0. The van der Waals surface area contributed by atoms with Crippen LogP contribution in [-0.4, -0.2) is 16.8 Å². The van der Waals surface area contributed by atoms with Crippen molar-refractivity contribution in [1.82, 2.24) is 4.98 Å². The Bertz CT molecular complexity index is 1310. The van der Waals surface area contributed by atoms with Crippen LogP contribution in [0.5, 0.6) is 0 Å². The Labute approximate surface area is 194 Å². The first kappa shape index (κ1) is 22.2. The molecule has 3 aromatic carbocycles. The van der Waals surface area contributed by atoms with Gasteiger partial charge in [0.2, 0.25) is 5.91 Å². The van der Waals surface area contributed by atoms with Crippen LogP contribution in [0.3, 0.4) is 0 Å². The first-order valence-corrected chi connectivity index (χ1v) is 10.5. The lowest BCUT2D eigenvalue weighted by Gasteiger charge is -2.08. The predicted molar refractivity (Wildman–Crippen MR) is 125 cm³/mol. The van der Waals surface area contributed by atoms with E-state index in [2.05, 4.69) is 15.6 Å². The van der Waals surface area contributed by atoms with Crippen molar-refractivity contribution in [2.75, 3.05) is 10.6 Å². The second kappa shape index (κ2) is 10.1. The molecule has 0 bridgehead atoms. The van der Waals surface area contributed by atoms with Crippen LogP contribution in [0.25, 0.3) is 11.3 Å². The van der Waals surface area contributed by atoms with E-state index in [0.29, 0.717) is 40.0 Å². The number of benzene rings is 3. The normalized spacial score (nSPS) is 10.6. The Kier molecular flexibility index (Phi) is 6.80. The predicted octanol–water partition coefficient (Wildman–Crippen LogP) is 5.96. The van der Waals surface area contributed by atoms with Crippen LogP contribution >= 0.6 is 11.6 Å². The Morgan fingerprint density at radius 3 is 2.48 bits per heavy atom. The Morgan fingerprint density at radius 1 is 0.939 bits per heavy atom. The van der Waals surface area contributed by atoms with Crippen LogP contribution in [-0.2, 0) is 11.2 Å². The summed E-state index contributed by atoms with van der Waals surface area (Å²) in [7, 11) is 0. The highest BCUT2D eigenvalue weighted by Gasteiger charge is 2.12. The average molecular weight is 464 g/mol. The number of amides is 2. The number of aryl methyl sites for hydroxylation is 1. The molecular formula is C25H19ClFN3O3. The maximum absolute atomic E-state index is 13.3. The molecule has 8 heteroatoms. The summed E-state index contributed by atoms with van der Waals surface area (Å²) in [4.78, 5) is 29.0. The molecule has 0 aliphatic carbocycles. The topological polar surface area (TPSA) is 84.2 Å². The number of hydrogen-bond donors (Lipinski definition) is 2. The summed E-state index contributed by atoms with van der Waals surface area (Å²) in [5.74, 6) is -0.158. The van der Waals surface area contributed by atoms with E-state index < -0.39 is 11.7 Å². The summed E-state index contributed by atoms with van der Waals surface area (Å²) in [6, 6.07) is 19.4. The van der Waals surface area contributed by atoms with Gasteiger partial charge in [-0.15, -0.1) is 0 Å². The van der Waals surface area contributed by atoms with Crippen molar-refractivity contribution in [3.05, 3.63) is 101 Å². The standard InChI is InChI=1S/C25H19ClFN3O3/c26-21-10-2-1-9-20(21)22-15-28-24(33-22)12-11-23(31)29-18-7-3-5-16(13-18)25(32)30-19-8-4-6-17(27)14-19/h1-10,13-15H,11-12H2,(H,29,31)(H,30,32). The van der Waals surface area contributed by atoms with E-state index in [1.165, 1.54) is 18.2 Å². The Balaban J connectivity index is 1.34. The summed E-state index contributed by atoms with van der Waals surface area (Å²) < 4.78 is 19.0. The van der Waals surface area contributed by atoms with Crippen molar-refractivity contribution in [3.8, 4) is 11.3 Å². The van der Waals surface area contributed by atoms with Crippen LogP contribution in [0.15, 0.2) is 83.4 Å². The maximum atomic E-state index is 13.3. The highest BCUT2D eigenvalue weighted by Crippen LogP contribution is 2.28. The number of carbonyl (C=O) groups is 2. The molecule has 4 aromatic rings. The minimum Gasteiger partial charge on any atom is -0.441 e. The lowest BCUT2D eigenvalue weighted by Crippen LogP contribution is -2.15. The van der Waals surface area contributed by atoms with E-state index in [1.807, 2.05) is 18.2 Å². The van der Waals surface area contributed by atoms with E-state index in [0.717, 1.165) is 5.56 Å². The maximum Gasteiger partial charge on any atom is 0.255 e. The molecule has 0 spiro atoms. The van der Waals surface area contributed by atoms with Gasteiger partial charge in [0, 0.05) is 35.3 Å². The zero-order chi connectivity index (χ0) is 23.2. The summed E-state index contributed by atoms with van der Waals surface area (Å²) in [5.41, 5.74) is 1.87. The van der Waals surface area contributed by atoms with Gasteiger partial charge in [-0.1, -0.05) is 35.9 Å². The average Bonchev–Trinajstić information content (AvgIpc) is 3.27. The second-order valence-electron chi connectivity index (χ2n) is 7.19.